The van der Waals surface area contributed by atoms with Crippen LogP contribution in [0.3, 0.4) is 0 Å². The number of hydrogen-bond acceptors (Lipinski definition) is 1. The van der Waals surface area contributed by atoms with Crippen LogP contribution in [0.4, 0.5) is 11.4 Å². The Morgan fingerprint density at radius 1 is 1.05 bits per heavy atom. The van der Waals surface area contributed by atoms with Crippen LogP contribution in [0.2, 0.25) is 0 Å². The summed E-state index contributed by atoms with van der Waals surface area (Å²) in [5.74, 6) is 0.784. The Hall–Kier alpha value is -2.06. The fraction of sp³-hybridized carbons (Fsp3) is 0.167. The molecule has 0 aliphatic rings. The highest BCUT2D eigenvalue weighted by molar-refractivity contribution is 6.33. The Balaban J connectivity index is 2.41. The van der Waals surface area contributed by atoms with Crippen molar-refractivity contribution in [2.75, 3.05) is 4.90 Å². The third-order valence-corrected chi connectivity index (χ3v) is 3.29. The monoisotopic (exact) mass is 298 g/mol. The maximum atomic E-state index is 6.17. The second-order valence-corrected chi connectivity index (χ2v) is 5.48. The second kappa shape index (κ2) is 6.59. The van der Waals surface area contributed by atoms with Crippen molar-refractivity contribution in [2.45, 2.75) is 20.8 Å². The molecule has 0 aliphatic heterocycles. The number of aliphatic imine (C=N–C) groups is 1. The van der Waals surface area contributed by atoms with Crippen LogP contribution < -0.4 is 4.90 Å². The van der Waals surface area contributed by atoms with E-state index in [4.69, 9.17) is 11.6 Å². The highest BCUT2D eigenvalue weighted by atomic mass is 35.5. The molecule has 0 aliphatic carbocycles. The Bertz CT molecular complexity index is 689. The summed E-state index contributed by atoms with van der Waals surface area (Å²) in [7, 11) is 0. The summed E-state index contributed by atoms with van der Waals surface area (Å²) in [5.41, 5.74) is 4.21. The molecule has 0 aromatic heterocycles. The largest absolute Gasteiger partial charge is 0.289 e. The molecule has 0 fully saturated rings. The Labute approximate surface area is 131 Å². The number of anilines is 1. The molecule has 2 aromatic rings. The molecule has 2 nitrogen and oxygen atoms in total. The molecule has 2 rings (SSSR count). The van der Waals surface area contributed by atoms with Crippen LogP contribution in [0.15, 0.2) is 65.3 Å². The van der Waals surface area contributed by atoms with Gasteiger partial charge in [0.2, 0.25) is 0 Å². The number of rotatable bonds is 3. The first-order chi connectivity index (χ1) is 9.97. The number of hydrogen-bond donors (Lipinski definition) is 0. The zero-order chi connectivity index (χ0) is 15.4. The van der Waals surface area contributed by atoms with Gasteiger partial charge in [-0.05, 0) is 56.2 Å². The van der Waals surface area contributed by atoms with Crippen molar-refractivity contribution in [2.24, 2.45) is 4.99 Å². The van der Waals surface area contributed by atoms with Gasteiger partial charge in [-0.15, -0.1) is 0 Å². The number of halogens is 1. The number of benzene rings is 2. The number of nitrogens with zero attached hydrogens (tertiary/aromatic N) is 2. The van der Waals surface area contributed by atoms with Gasteiger partial charge in [0, 0.05) is 5.69 Å². The van der Waals surface area contributed by atoms with Gasteiger partial charge in [0.1, 0.15) is 11.0 Å². The number of aryl methyl sites for hydroxylation is 2. The van der Waals surface area contributed by atoms with Crippen molar-refractivity contribution < 1.29 is 0 Å². The van der Waals surface area contributed by atoms with Gasteiger partial charge in [-0.3, -0.25) is 4.90 Å². The van der Waals surface area contributed by atoms with Gasteiger partial charge in [0.05, 0.1) is 5.69 Å². The summed E-state index contributed by atoms with van der Waals surface area (Å²) >= 11 is 6.17. The zero-order valence-electron chi connectivity index (χ0n) is 12.6. The van der Waals surface area contributed by atoms with Gasteiger partial charge >= 0.3 is 0 Å². The molecule has 0 heterocycles. The van der Waals surface area contributed by atoms with Crippen molar-refractivity contribution in [3.05, 3.63) is 71.4 Å². The molecule has 0 atom stereocenters. The van der Waals surface area contributed by atoms with Crippen LogP contribution in [0, 0.1) is 13.8 Å². The quantitative estimate of drug-likeness (QED) is 0.411. The minimum absolute atomic E-state index is 0.425. The van der Waals surface area contributed by atoms with E-state index in [2.05, 4.69) is 17.6 Å². The minimum Gasteiger partial charge on any atom is -0.289 e. The average Bonchev–Trinajstić information content (AvgIpc) is 2.38. The van der Waals surface area contributed by atoms with Crippen LogP contribution in [0.25, 0.3) is 0 Å². The highest BCUT2D eigenvalue weighted by Gasteiger charge is 2.12. The molecule has 0 N–H and O–H groups in total. The van der Waals surface area contributed by atoms with Crippen molar-refractivity contribution in [1.29, 1.82) is 0 Å². The van der Waals surface area contributed by atoms with Gasteiger partial charge in [0.15, 0.2) is 0 Å². The third-order valence-electron chi connectivity index (χ3n) is 3.12. The summed E-state index contributed by atoms with van der Waals surface area (Å²) in [5, 5.41) is 0.425. The maximum absolute atomic E-state index is 6.17. The standard InChI is InChI=1S/C18H19ClN2/c1-13-7-5-9-17(11-13)20-16(4)21(15(3)19)18-10-6-8-14(2)12-18/h5-12H,3H2,1-2,4H3. The van der Waals surface area contributed by atoms with Gasteiger partial charge in [-0.1, -0.05) is 42.4 Å². The Morgan fingerprint density at radius 3 is 2.24 bits per heavy atom. The molecule has 0 saturated carbocycles. The summed E-state index contributed by atoms with van der Waals surface area (Å²) in [6.07, 6.45) is 0. The van der Waals surface area contributed by atoms with Crippen LogP contribution in [-0.2, 0) is 0 Å². The molecular weight excluding hydrogens is 280 g/mol. The van der Waals surface area contributed by atoms with E-state index in [1.807, 2.05) is 68.1 Å². The lowest BCUT2D eigenvalue weighted by Gasteiger charge is -2.23. The average molecular weight is 299 g/mol. The first kappa shape index (κ1) is 15.3. The molecular formula is C18H19ClN2. The summed E-state index contributed by atoms with van der Waals surface area (Å²) in [6, 6.07) is 16.2. The molecule has 0 amide bonds. The van der Waals surface area contributed by atoms with Crippen molar-refractivity contribution in [1.82, 2.24) is 0 Å². The topological polar surface area (TPSA) is 15.6 Å². The fourth-order valence-corrected chi connectivity index (χ4v) is 2.42. The molecule has 21 heavy (non-hydrogen) atoms. The van der Waals surface area contributed by atoms with Crippen molar-refractivity contribution in [3.63, 3.8) is 0 Å². The smallest absolute Gasteiger partial charge is 0.111 e. The normalized spacial score (nSPS) is 11.3. The first-order valence-corrected chi connectivity index (χ1v) is 7.18. The third kappa shape index (κ3) is 3.96. The summed E-state index contributed by atoms with van der Waals surface area (Å²) in [6.45, 7) is 9.88. The molecule has 0 bridgehead atoms. The SMILES string of the molecule is C=C(Cl)N(C(C)=Nc1cccc(C)c1)c1cccc(C)c1. The lowest BCUT2D eigenvalue weighted by atomic mass is 10.2. The molecule has 0 radical (unpaired) electrons. The molecule has 0 unspecified atom stereocenters. The van der Waals surface area contributed by atoms with E-state index in [1.54, 1.807) is 0 Å². The predicted molar refractivity (Wildman–Crippen MR) is 92.6 cm³/mol. The molecule has 2 aromatic carbocycles. The fourth-order valence-electron chi connectivity index (χ4n) is 2.20. The summed E-state index contributed by atoms with van der Waals surface area (Å²) in [4.78, 5) is 6.49. The summed E-state index contributed by atoms with van der Waals surface area (Å²) < 4.78 is 0. The second-order valence-electron chi connectivity index (χ2n) is 5.05. The van der Waals surface area contributed by atoms with E-state index >= 15 is 0 Å². The lowest BCUT2D eigenvalue weighted by Crippen LogP contribution is -2.25. The van der Waals surface area contributed by atoms with Gasteiger partial charge in [-0.25, -0.2) is 4.99 Å². The van der Waals surface area contributed by atoms with Gasteiger partial charge in [-0.2, -0.15) is 0 Å². The van der Waals surface area contributed by atoms with Crippen LogP contribution >= 0.6 is 11.6 Å². The zero-order valence-corrected chi connectivity index (χ0v) is 13.4. The van der Waals surface area contributed by atoms with E-state index in [9.17, 15) is 0 Å². The van der Waals surface area contributed by atoms with E-state index < -0.39 is 0 Å². The van der Waals surface area contributed by atoms with Gasteiger partial charge in [0.25, 0.3) is 0 Å². The van der Waals surface area contributed by atoms with Crippen molar-refractivity contribution in [3.8, 4) is 0 Å². The molecule has 0 saturated heterocycles. The molecule has 3 heteroatoms. The van der Waals surface area contributed by atoms with Crippen molar-refractivity contribution >= 4 is 28.8 Å². The molecule has 0 spiro atoms. The van der Waals surface area contributed by atoms with E-state index in [0.29, 0.717) is 5.16 Å². The van der Waals surface area contributed by atoms with Gasteiger partial charge < -0.3 is 0 Å². The highest BCUT2D eigenvalue weighted by Crippen LogP contribution is 2.24. The molecule has 108 valence electrons. The minimum atomic E-state index is 0.425. The first-order valence-electron chi connectivity index (χ1n) is 6.80. The van der Waals surface area contributed by atoms with Crippen LogP contribution in [0.5, 0.6) is 0 Å². The van der Waals surface area contributed by atoms with Crippen LogP contribution in [0.1, 0.15) is 18.1 Å². The Kier molecular flexibility index (Phi) is 4.81. The van der Waals surface area contributed by atoms with E-state index in [1.165, 1.54) is 11.1 Å². The van der Waals surface area contributed by atoms with E-state index in [-0.39, 0.29) is 0 Å². The Morgan fingerprint density at radius 2 is 1.67 bits per heavy atom. The lowest BCUT2D eigenvalue weighted by molar-refractivity contribution is 1.27. The van der Waals surface area contributed by atoms with E-state index in [0.717, 1.165) is 17.2 Å². The predicted octanol–water partition coefficient (Wildman–Crippen LogP) is 5.57. The maximum Gasteiger partial charge on any atom is 0.111 e. The number of amidine groups is 1. The van der Waals surface area contributed by atoms with Crippen LogP contribution in [-0.4, -0.2) is 5.84 Å².